The van der Waals surface area contributed by atoms with E-state index in [2.05, 4.69) is 0 Å². The zero-order chi connectivity index (χ0) is 20.1. The van der Waals surface area contributed by atoms with Crippen molar-refractivity contribution in [3.8, 4) is 5.75 Å². The van der Waals surface area contributed by atoms with Gasteiger partial charge in [0, 0.05) is 37.6 Å². The minimum absolute atomic E-state index is 0.0302. The Labute approximate surface area is 170 Å². The predicted molar refractivity (Wildman–Crippen MR) is 108 cm³/mol. The molecular weight excluding hydrogens is 400 g/mol. The van der Waals surface area contributed by atoms with Gasteiger partial charge in [-0.1, -0.05) is 29.8 Å². The molecule has 1 heterocycles. The monoisotopic (exact) mass is 422 g/mol. The van der Waals surface area contributed by atoms with Crippen molar-refractivity contribution < 1.29 is 17.9 Å². The number of hydrogen-bond acceptors (Lipinski definition) is 4. The quantitative estimate of drug-likeness (QED) is 0.717. The van der Waals surface area contributed by atoms with Crippen LogP contribution in [0.3, 0.4) is 0 Å². The molecule has 0 N–H and O–H groups in total. The van der Waals surface area contributed by atoms with Crippen LogP contribution in [-0.2, 0) is 21.2 Å². The summed E-state index contributed by atoms with van der Waals surface area (Å²) in [5.41, 5.74) is 1.04. The molecule has 0 atom stereocenters. The Morgan fingerprint density at radius 1 is 1.07 bits per heavy atom. The van der Waals surface area contributed by atoms with Gasteiger partial charge in [0.2, 0.25) is 15.9 Å². The fraction of sp³-hybridized carbons (Fsp3) is 0.350. The fourth-order valence-corrected chi connectivity index (χ4v) is 4.92. The summed E-state index contributed by atoms with van der Waals surface area (Å²) < 4.78 is 32.1. The standard InChI is InChI=1S/C20H23ClN2O4S/c1-27-18-6-2-4-16(14-18)8-9-20(24)22-10-12-23(13-11-22)28(25,26)19-7-3-5-17(21)15-19/h2-7,14-15H,8-13H2,1H3. The number of ether oxygens (including phenoxy) is 1. The smallest absolute Gasteiger partial charge is 0.243 e. The van der Waals surface area contributed by atoms with Gasteiger partial charge in [-0.25, -0.2) is 8.42 Å². The number of nitrogens with zero attached hydrogens (tertiary/aromatic N) is 2. The van der Waals surface area contributed by atoms with Crippen LogP contribution in [-0.4, -0.2) is 56.8 Å². The number of hydrogen-bond donors (Lipinski definition) is 0. The van der Waals surface area contributed by atoms with Gasteiger partial charge in [-0.2, -0.15) is 4.31 Å². The van der Waals surface area contributed by atoms with E-state index in [4.69, 9.17) is 16.3 Å². The number of methoxy groups -OCH3 is 1. The van der Waals surface area contributed by atoms with Gasteiger partial charge in [0.25, 0.3) is 0 Å². The third-order valence-corrected chi connectivity index (χ3v) is 6.92. The number of halogens is 1. The fourth-order valence-electron chi connectivity index (χ4n) is 3.19. The summed E-state index contributed by atoms with van der Waals surface area (Å²) in [6, 6.07) is 13.9. The summed E-state index contributed by atoms with van der Waals surface area (Å²) in [6.07, 6.45) is 1.01. The van der Waals surface area contributed by atoms with Crippen molar-refractivity contribution in [2.24, 2.45) is 0 Å². The van der Waals surface area contributed by atoms with Crippen LogP contribution < -0.4 is 4.74 Å². The third kappa shape index (κ3) is 4.84. The van der Waals surface area contributed by atoms with Crippen LogP contribution >= 0.6 is 11.6 Å². The number of rotatable bonds is 6. The van der Waals surface area contributed by atoms with Crippen LogP contribution in [0.5, 0.6) is 5.75 Å². The molecule has 0 aliphatic carbocycles. The maximum absolute atomic E-state index is 12.7. The molecule has 0 spiro atoms. The highest BCUT2D eigenvalue weighted by atomic mass is 35.5. The number of benzene rings is 2. The lowest BCUT2D eigenvalue weighted by molar-refractivity contribution is -0.132. The number of sulfonamides is 1. The Bertz CT molecular complexity index is 941. The largest absolute Gasteiger partial charge is 0.497 e. The molecule has 150 valence electrons. The second kappa shape index (κ2) is 8.94. The molecule has 8 heteroatoms. The van der Waals surface area contributed by atoms with Crippen LogP contribution in [0.15, 0.2) is 53.4 Å². The SMILES string of the molecule is COc1cccc(CCC(=O)N2CCN(S(=O)(=O)c3cccc(Cl)c3)CC2)c1. The molecule has 1 aliphatic rings. The first-order chi connectivity index (χ1) is 13.4. The van der Waals surface area contributed by atoms with Crippen LogP contribution in [0.1, 0.15) is 12.0 Å². The summed E-state index contributed by atoms with van der Waals surface area (Å²) >= 11 is 5.92. The van der Waals surface area contributed by atoms with Crippen LogP contribution in [0.4, 0.5) is 0 Å². The highest BCUT2D eigenvalue weighted by molar-refractivity contribution is 7.89. The first kappa shape index (κ1) is 20.6. The number of carbonyl (C=O) groups is 1. The first-order valence-electron chi connectivity index (χ1n) is 9.06. The number of piperazine rings is 1. The highest BCUT2D eigenvalue weighted by Gasteiger charge is 2.30. The van der Waals surface area contributed by atoms with Crippen LogP contribution in [0, 0.1) is 0 Å². The molecule has 0 aromatic heterocycles. The normalized spacial score (nSPS) is 15.4. The van der Waals surface area contributed by atoms with E-state index in [1.165, 1.54) is 16.4 Å². The van der Waals surface area contributed by atoms with E-state index in [1.54, 1.807) is 24.1 Å². The molecule has 0 bridgehead atoms. The topological polar surface area (TPSA) is 66.9 Å². The van der Waals surface area contributed by atoms with Crippen LogP contribution in [0.25, 0.3) is 0 Å². The Hall–Kier alpha value is -2.09. The second-order valence-electron chi connectivity index (χ2n) is 6.59. The molecule has 1 amide bonds. The Morgan fingerprint density at radius 3 is 2.46 bits per heavy atom. The third-order valence-electron chi connectivity index (χ3n) is 4.79. The average Bonchev–Trinajstić information content (AvgIpc) is 2.72. The van der Waals surface area contributed by atoms with Gasteiger partial charge in [0.1, 0.15) is 5.75 Å². The van der Waals surface area contributed by atoms with Crippen molar-refractivity contribution >= 4 is 27.5 Å². The minimum atomic E-state index is -3.60. The van der Waals surface area contributed by atoms with E-state index in [0.717, 1.165) is 11.3 Å². The second-order valence-corrected chi connectivity index (χ2v) is 8.97. The lowest BCUT2D eigenvalue weighted by atomic mass is 10.1. The Morgan fingerprint density at radius 2 is 1.79 bits per heavy atom. The molecule has 3 rings (SSSR count). The number of carbonyl (C=O) groups excluding carboxylic acids is 1. The molecule has 2 aromatic carbocycles. The van der Waals surface area contributed by atoms with Gasteiger partial charge < -0.3 is 9.64 Å². The first-order valence-corrected chi connectivity index (χ1v) is 10.9. The van der Waals surface area contributed by atoms with E-state index in [1.807, 2.05) is 24.3 Å². The van der Waals surface area contributed by atoms with E-state index in [-0.39, 0.29) is 23.9 Å². The number of aryl methyl sites for hydroxylation is 1. The minimum Gasteiger partial charge on any atom is -0.497 e. The number of amides is 1. The zero-order valence-corrected chi connectivity index (χ0v) is 17.2. The summed E-state index contributed by atoms with van der Waals surface area (Å²) in [7, 11) is -1.99. The molecule has 0 radical (unpaired) electrons. The molecule has 2 aromatic rings. The van der Waals surface area contributed by atoms with E-state index >= 15 is 0 Å². The lowest BCUT2D eigenvalue weighted by Gasteiger charge is -2.34. The summed E-state index contributed by atoms with van der Waals surface area (Å²) in [6.45, 7) is 1.33. The molecule has 1 saturated heterocycles. The van der Waals surface area contributed by atoms with E-state index in [9.17, 15) is 13.2 Å². The van der Waals surface area contributed by atoms with Gasteiger partial charge in [0.15, 0.2) is 0 Å². The van der Waals surface area contributed by atoms with Gasteiger partial charge in [0.05, 0.1) is 12.0 Å². The van der Waals surface area contributed by atoms with Crippen LogP contribution in [0.2, 0.25) is 5.02 Å². The predicted octanol–water partition coefficient (Wildman–Crippen LogP) is 2.81. The van der Waals surface area contributed by atoms with Crippen molar-refractivity contribution in [3.63, 3.8) is 0 Å². The molecule has 0 saturated carbocycles. The molecule has 6 nitrogen and oxygen atoms in total. The van der Waals surface area contributed by atoms with Crippen molar-refractivity contribution in [2.75, 3.05) is 33.3 Å². The van der Waals surface area contributed by atoms with Gasteiger partial charge >= 0.3 is 0 Å². The zero-order valence-electron chi connectivity index (χ0n) is 15.7. The molecular formula is C20H23ClN2O4S. The van der Waals surface area contributed by atoms with E-state index in [0.29, 0.717) is 31.0 Å². The van der Waals surface area contributed by atoms with Crippen molar-refractivity contribution in [1.82, 2.24) is 9.21 Å². The van der Waals surface area contributed by atoms with Gasteiger partial charge in [-0.05, 0) is 42.3 Å². The summed E-state index contributed by atoms with van der Waals surface area (Å²) in [4.78, 5) is 14.4. The maximum Gasteiger partial charge on any atom is 0.243 e. The van der Waals surface area contributed by atoms with Gasteiger partial charge in [-0.15, -0.1) is 0 Å². The molecule has 1 aliphatic heterocycles. The van der Waals surface area contributed by atoms with Gasteiger partial charge in [-0.3, -0.25) is 4.79 Å². The summed E-state index contributed by atoms with van der Waals surface area (Å²) in [5.74, 6) is 0.799. The lowest BCUT2D eigenvalue weighted by Crippen LogP contribution is -2.50. The molecule has 1 fully saturated rings. The Balaban J connectivity index is 1.55. The average molecular weight is 423 g/mol. The van der Waals surface area contributed by atoms with Crippen molar-refractivity contribution in [2.45, 2.75) is 17.7 Å². The van der Waals surface area contributed by atoms with Crippen molar-refractivity contribution in [3.05, 3.63) is 59.1 Å². The highest BCUT2D eigenvalue weighted by Crippen LogP contribution is 2.21. The molecule has 0 unspecified atom stereocenters. The van der Waals surface area contributed by atoms with Crippen molar-refractivity contribution in [1.29, 1.82) is 0 Å². The van der Waals surface area contributed by atoms with E-state index < -0.39 is 10.0 Å². The molecule has 28 heavy (non-hydrogen) atoms. The maximum atomic E-state index is 12.7. The Kier molecular flexibility index (Phi) is 6.59. The summed E-state index contributed by atoms with van der Waals surface area (Å²) in [5, 5.41) is 0.382.